The quantitative estimate of drug-likeness (QED) is 0.674. The SMILES string of the molecule is CC(C)C1=CSC2=NC(C)(C)C(C)c3ccccc3CC12. The van der Waals surface area contributed by atoms with E-state index in [1.54, 1.807) is 5.57 Å². The Morgan fingerprint density at radius 3 is 2.67 bits per heavy atom. The van der Waals surface area contributed by atoms with Crippen LogP contribution in [0, 0.1) is 11.8 Å². The molecule has 0 aliphatic carbocycles. The summed E-state index contributed by atoms with van der Waals surface area (Å²) in [5, 5.41) is 3.67. The molecule has 112 valence electrons. The van der Waals surface area contributed by atoms with Gasteiger partial charge in [0, 0.05) is 11.8 Å². The van der Waals surface area contributed by atoms with Crippen molar-refractivity contribution < 1.29 is 0 Å². The summed E-state index contributed by atoms with van der Waals surface area (Å²) in [7, 11) is 0. The summed E-state index contributed by atoms with van der Waals surface area (Å²) in [4.78, 5) is 5.17. The van der Waals surface area contributed by atoms with Crippen molar-refractivity contribution in [2.75, 3.05) is 0 Å². The first kappa shape index (κ1) is 14.9. The highest BCUT2D eigenvalue weighted by Gasteiger charge is 2.36. The lowest BCUT2D eigenvalue weighted by molar-refractivity contribution is 0.429. The van der Waals surface area contributed by atoms with Crippen LogP contribution >= 0.6 is 11.8 Å². The van der Waals surface area contributed by atoms with Crippen molar-refractivity contribution in [3.05, 3.63) is 46.4 Å². The van der Waals surface area contributed by atoms with Crippen molar-refractivity contribution in [2.24, 2.45) is 16.8 Å². The Bertz CT molecular complexity index is 610. The first-order chi connectivity index (χ1) is 9.90. The number of hydrogen-bond donors (Lipinski definition) is 0. The average Bonchev–Trinajstić information content (AvgIpc) is 2.80. The van der Waals surface area contributed by atoms with Crippen LogP contribution in [-0.4, -0.2) is 10.6 Å². The topological polar surface area (TPSA) is 12.4 Å². The molecule has 0 spiro atoms. The highest BCUT2D eigenvalue weighted by molar-refractivity contribution is 8.16. The van der Waals surface area contributed by atoms with Crippen molar-refractivity contribution in [1.82, 2.24) is 0 Å². The Kier molecular flexibility index (Phi) is 3.77. The Hall–Kier alpha value is -1.02. The monoisotopic (exact) mass is 299 g/mol. The molecule has 0 aromatic heterocycles. The Labute approximate surface area is 132 Å². The van der Waals surface area contributed by atoms with Gasteiger partial charge in [0.2, 0.25) is 0 Å². The van der Waals surface area contributed by atoms with Crippen LogP contribution < -0.4 is 0 Å². The zero-order valence-corrected chi connectivity index (χ0v) is 14.5. The normalized spacial score (nSPS) is 27.3. The molecule has 1 aromatic carbocycles. The van der Waals surface area contributed by atoms with Crippen LogP contribution in [0.5, 0.6) is 0 Å². The zero-order valence-electron chi connectivity index (χ0n) is 13.7. The molecular formula is C19H25NS. The van der Waals surface area contributed by atoms with E-state index in [1.165, 1.54) is 16.2 Å². The number of fused-ring (bicyclic) bond motifs is 2. The van der Waals surface area contributed by atoms with Gasteiger partial charge in [-0.2, -0.15) is 0 Å². The molecule has 2 unspecified atom stereocenters. The molecule has 2 aliphatic heterocycles. The third-order valence-corrected chi connectivity index (χ3v) is 6.09. The lowest BCUT2D eigenvalue weighted by Crippen LogP contribution is -2.31. The fourth-order valence-electron chi connectivity index (χ4n) is 3.41. The summed E-state index contributed by atoms with van der Waals surface area (Å²) in [6.07, 6.45) is 1.10. The van der Waals surface area contributed by atoms with Crippen molar-refractivity contribution in [2.45, 2.75) is 52.5 Å². The fraction of sp³-hybridized carbons (Fsp3) is 0.526. The molecular weight excluding hydrogens is 274 g/mol. The highest BCUT2D eigenvalue weighted by Crippen LogP contribution is 2.44. The second-order valence-corrected chi connectivity index (χ2v) is 8.06. The number of allylic oxidation sites excluding steroid dienone is 1. The van der Waals surface area contributed by atoms with Crippen molar-refractivity contribution >= 4 is 16.8 Å². The van der Waals surface area contributed by atoms with Crippen LogP contribution in [0.1, 0.15) is 51.7 Å². The first-order valence-corrected chi connectivity index (χ1v) is 8.82. The number of thioether (sulfide) groups is 1. The number of benzene rings is 1. The van der Waals surface area contributed by atoms with Gasteiger partial charge in [-0.05, 0) is 42.7 Å². The van der Waals surface area contributed by atoms with E-state index >= 15 is 0 Å². The van der Waals surface area contributed by atoms with E-state index in [-0.39, 0.29) is 5.54 Å². The van der Waals surface area contributed by atoms with Gasteiger partial charge < -0.3 is 0 Å². The van der Waals surface area contributed by atoms with E-state index in [9.17, 15) is 0 Å². The maximum Gasteiger partial charge on any atom is 0.0799 e. The summed E-state index contributed by atoms with van der Waals surface area (Å²) in [6, 6.07) is 8.95. The summed E-state index contributed by atoms with van der Waals surface area (Å²) in [5.74, 6) is 1.54. The molecule has 2 heterocycles. The van der Waals surface area contributed by atoms with Crippen molar-refractivity contribution in [1.29, 1.82) is 0 Å². The van der Waals surface area contributed by atoms with E-state index in [0.29, 0.717) is 17.8 Å². The third kappa shape index (κ3) is 2.59. The Balaban J connectivity index is 2.11. The molecule has 0 radical (unpaired) electrons. The average molecular weight is 299 g/mol. The van der Waals surface area contributed by atoms with E-state index in [1.807, 2.05) is 11.8 Å². The zero-order chi connectivity index (χ0) is 15.2. The number of aliphatic imine (C=N–C) groups is 1. The Morgan fingerprint density at radius 2 is 1.95 bits per heavy atom. The second-order valence-electron chi connectivity index (χ2n) is 7.17. The van der Waals surface area contributed by atoms with E-state index in [2.05, 4.69) is 64.3 Å². The van der Waals surface area contributed by atoms with Gasteiger partial charge in [0.1, 0.15) is 0 Å². The molecule has 21 heavy (non-hydrogen) atoms. The van der Waals surface area contributed by atoms with Gasteiger partial charge in [-0.15, -0.1) is 0 Å². The fourth-order valence-corrected chi connectivity index (χ4v) is 4.77. The van der Waals surface area contributed by atoms with Gasteiger partial charge in [0.05, 0.1) is 10.6 Å². The molecule has 2 aliphatic rings. The number of hydrogen-bond acceptors (Lipinski definition) is 2. The maximum atomic E-state index is 5.17. The van der Waals surface area contributed by atoms with E-state index < -0.39 is 0 Å². The van der Waals surface area contributed by atoms with Crippen LogP contribution in [0.15, 0.2) is 40.2 Å². The molecule has 1 aromatic rings. The summed E-state index contributed by atoms with van der Waals surface area (Å²) in [6.45, 7) is 11.5. The van der Waals surface area contributed by atoms with E-state index in [4.69, 9.17) is 4.99 Å². The van der Waals surface area contributed by atoms with E-state index in [0.717, 1.165) is 6.42 Å². The van der Waals surface area contributed by atoms with Crippen LogP contribution in [0.3, 0.4) is 0 Å². The van der Waals surface area contributed by atoms with Crippen molar-refractivity contribution in [3.8, 4) is 0 Å². The standard InChI is InChI=1S/C19H25NS/c1-12(2)17-11-21-18-16(17)10-14-8-6-7-9-15(14)13(3)19(4,5)20-18/h6-9,11-13,16H,10H2,1-5H3. The molecule has 3 rings (SSSR count). The van der Waals surface area contributed by atoms with Gasteiger partial charge in [0.15, 0.2) is 0 Å². The number of nitrogens with zero attached hydrogens (tertiary/aromatic N) is 1. The minimum atomic E-state index is -0.0443. The maximum absolute atomic E-state index is 5.17. The van der Waals surface area contributed by atoms with Gasteiger partial charge in [0.25, 0.3) is 0 Å². The summed E-state index contributed by atoms with van der Waals surface area (Å²) < 4.78 is 0. The van der Waals surface area contributed by atoms with Crippen LogP contribution in [0.2, 0.25) is 0 Å². The lowest BCUT2D eigenvalue weighted by atomic mass is 9.77. The first-order valence-electron chi connectivity index (χ1n) is 7.94. The summed E-state index contributed by atoms with van der Waals surface area (Å²) >= 11 is 1.85. The predicted octanol–water partition coefficient (Wildman–Crippen LogP) is 5.43. The second kappa shape index (κ2) is 5.31. The molecule has 0 N–H and O–H groups in total. The minimum Gasteiger partial charge on any atom is -0.275 e. The van der Waals surface area contributed by atoms with Gasteiger partial charge in [-0.3, -0.25) is 4.99 Å². The molecule has 2 atom stereocenters. The number of rotatable bonds is 1. The molecule has 2 heteroatoms. The molecule has 1 nitrogen and oxygen atoms in total. The molecule has 0 saturated carbocycles. The minimum absolute atomic E-state index is 0.0443. The molecule has 0 bridgehead atoms. The Morgan fingerprint density at radius 1 is 1.24 bits per heavy atom. The molecule has 0 fully saturated rings. The van der Waals surface area contributed by atoms with Crippen LogP contribution in [0.4, 0.5) is 0 Å². The van der Waals surface area contributed by atoms with Gasteiger partial charge in [-0.1, -0.05) is 62.4 Å². The summed E-state index contributed by atoms with van der Waals surface area (Å²) in [5.41, 5.74) is 4.49. The predicted molar refractivity (Wildman–Crippen MR) is 94.1 cm³/mol. The van der Waals surface area contributed by atoms with Gasteiger partial charge >= 0.3 is 0 Å². The third-order valence-electron chi connectivity index (χ3n) is 5.09. The molecule has 0 saturated heterocycles. The largest absolute Gasteiger partial charge is 0.275 e. The smallest absolute Gasteiger partial charge is 0.0799 e. The lowest BCUT2D eigenvalue weighted by Gasteiger charge is -2.34. The van der Waals surface area contributed by atoms with Crippen LogP contribution in [-0.2, 0) is 6.42 Å². The molecule has 0 amide bonds. The van der Waals surface area contributed by atoms with Gasteiger partial charge in [-0.25, -0.2) is 0 Å². The van der Waals surface area contributed by atoms with Crippen LogP contribution in [0.25, 0.3) is 0 Å². The highest BCUT2D eigenvalue weighted by atomic mass is 32.2. The van der Waals surface area contributed by atoms with Crippen molar-refractivity contribution in [3.63, 3.8) is 0 Å².